The number of carbonyl (C=O) groups excluding carboxylic acids is 1. The summed E-state index contributed by atoms with van der Waals surface area (Å²) in [7, 11) is 0. The molecule has 3 aromatic rings. The molecule has 0 spiro atoms. The van der Waals surface area contributed by atoms with Crippen LogP contribution < -0.4 is 0 Å². The van der Waals surface area contributed by atoms with Gasteiger partial charge < -0.3 is 4.90 Å². The minimum Gasteiger partial charge on any atom is -0.337 e. The predicted molar refractivity (Wildman–Crippen MR) is 109 cm³/mol. The summed E-state index contributed by atoms with van der Waals surface area (Å²) in [6.45, 7) is 6.53. The van der Waals surface area contributed by atoms with E-state index in [1.54, 1.807) is 35.4 Å². The minimum atomic E-state index is -4.57. The number of carbonyl (C=O) groups is 1. The van der Waals surface area contributed by atoms with Gasteiger partial charge in [-0.05, 0) is 31.0 Å². The quantitative estimate of drug-likeness (QED) is 0.601. The van der Waals surface area contributed by atoms with Crippen LogP contribution in [-0.2, 0) is 11.6 Å². The Hall–Kier alpha value is -2.97. The van der Waals surface area contributed by atoms with Gasteiger partial charge in [0.15, 0.2) is 5.65 Å². The van der Waals surface area contributed by atoms with Crippen LogP contribution in [0.15, 0.2) is 36.5 Å². The van der Waals surface area contributed by atoms with E-state index in [4.69, 9.17) is 0 Å². The van der Waals surface area contributed by atoms with Crippen molar-refractivity contribution in [2.24, 2.45) is 0 Å². The molecule has 4 heterocycles. The number of nitrogens with zero attached hydrogens (tertiary/aromatic N) is 5. The smallest absolute Gasteiger partial charge is 0.337 e. The molecule has 31 heavy (non-hydrogen) atoms. The Labute approximate surface area is 178 Å². The molecular weight excluding hydrogens is 407 g/mol. The van der Waals surface area contributed by atoms with Crippen LogP contribution in [0.4, 0.5) is 13.2 Å². The highest BCUT2D eigenvalue weighted by molar-refractivity contribution is 5.92. The molecule has 0 aliphatic carbocycles. The largest absolute Gasteiger partial charge is 0.433 e. The average Bonchev–Trinajstić information content (AvgIpc) is 3.17. The molecule has 4 rings (SSSR count). The molecule has 1 unspecified atom stereocenters. The van der Waals surface area contributed by atoms with E-state index in [-0.39, 0.29) is 17.5 Å². The molecule has 1 amide bonds. The third-order valence-corrected chi connectivity index (χ3v) is 5.52. The Morgan fingerprint density at radius 3 is 2.58 bits per heavy atom. The number of amides is 1. The van der Waals surface area contributed by atoms with Gasteiger partial charge in [-0.2, -0.15) is 18.3 Å². The average molecular weight is 431 g/mol. The van der Waals surface area contributed by atoms with Crippen LogP contribution in [0.1, 0.15) is 67.1 Å². The van der Waals surface area contributed by atoms with Crippen LogP contribution >= 0.6 is 0 Å². The molecule has 3 aromatic heterocycles. The Morgan fingerprint density at radius 1 is 1.16 bits per heavy atom. The van der Waals surface area contributed by atoms with Crippen LogP contribution in [0.25, 0.3) is 5.65 Å². The van der Waals surface area contributed by atoms with E-state index < -0.39 is 17.3 Å². The van der Waals surface area contributed by atoms with Gasteiger partial charge in [0, 0.05) is 42.4 Å². The lowest BCUT2D eigenvalue weighted by molar-refractivity contribution is -0.142. The second kappa shape index (κ2) is 7.62. The molecule has 1 aliphatic rings. The number of rotatable bonds is 2. The van der Waals surface area contributed by atoms with Gasteiger partial charge in [0.2, 0.25) is 0 Å². The summed E-state index contributed by atoms with van der Waals surface area (Å²) >= 11 is 0. The molecule has 1 saturated heterocycles. The van der Waals surface area contributed by atoms with E-state index in [0.717, 1.165) is 10.6 Å². The molecule has 1 atom stereocenters. The highest BCUT2D eigenvalue weighted by Crippen LogP contribution is 2.34. The summed E-state index contributed by atoms with van der Waals surface area (Å²) < 4.78 is 42.4. The van der Waals surface area contributed by atoms with Crippen LogP contribution in [0.5, 0.6) is 0 Å². The van der Waals surface area contributed by atoms with Gasteiger partial charge in [-0.3, -0.25) is 9.78 Å². The van der Waals surface area contributed by atoms with Gasteiger partial charge in [-0.1, -0.05) is 26.8 Å². The van der Waals surface area contributed by atoms with Crippen molar-refractivity contribution < 1.29 is 18.0 Å². The molecule has 1 fully saturated rings. The number of hydrogen-bond donors (Lipinski definition) is 0. The van der Waals surface area contributed by atoms with E-state index in [1.807, 2.05) is 20.8 Å². The number of likely N-dealkylation sites (tertiary alicyclic amines) is 1. The number of piperidine rings is 1. The zero-order chi connectivity index (χ0) is 22.4. The number of alkyl halides is 3. The van der Waals surface area contributed by atoms with Gasteiger partial charge in [0.05, 0.1) is 5.69 Å². The fraction of sp³-hybridized carbons (Fsp3) is 0.455. The molecule has 9 heteroatoms. The van der Waals surface area contributed by atoms with Crippen molar-refractivity contribution in [2.75, 3.05) is 13.1 Å². The fourth-order valence-corrected chi connectivity index (χ4v) is 3.83. The second-order valence-electron chi connectivity index (χ2n) is 8.92. The van der Waals surface area contributed by atoms with Crippen molar-refractivity contribution >= 4 is 11.6 Å². The molecule has 0 N–H and O–H groups in total. The molecule has 6 nitrogen and oxygen atoms in total. The first-order valence-corrected chi connectivity index (χ1v) is 10.2. The lowest BCUT2D eigenvalue weighted by atomic mass is 9.92. The highest BCUT2D eigenvalue weighted by Gasteiger charge is 2.37. The Bertz CT molecular complexity index is 1100. The molecule has 164 valence electrons. The van der Waals surface area contributed by atoms with Gasteiger partial charge in [0.25, 0.3) is 5.91 Å². The van der Waals surface area contributed by atoms with Gasteiger partial charge in [-0.15, -0.1) is 0 Å². The normalized spacial score (nSPS) is 17.9. The summed E-state index contributed by atoms with van der Waals surface area (Å²) in [5.41, 5.74) is 0.109. The molecule has 0 bridgehead atoms. The molecule has 1 aliphatic heterocycles. The maximum absolute atomic E-state index is 13.8. The predicted octanol–water partition coefficient (Wildman–Crippen LogP) is 4.46. The van der Waals surface area contributed by atoms with Crippen molar-refractivity contribution in [3.05, 3.63) is 59.3 Å². The number of halogens is 3. The van der Waals surface area contributed by atoms with Crippen molar-refractivity contribution in [3.8, 4) is 0 Å². The molecule has 0 radical (unpaired) electrons. The van der Waals surface area contributed by atoms with Crippen molar-refractivity contribution in [2.45, 2.75) is 51.1 Å². The summed E-state index contributed by atoms with van der Waals surface area (Å²) in [6.07, 6.45) is -1.68. The summed E-state index contributed by atoms with van der Waals surface area (Å²) in [5.74, 6) is -0.512. The van der Waals surface area contributed by atoms with E-state index >= 15 is 0 Å². The molecule has 0 saturated carbocycles. The van der Waals surface area contributed by atoms with Crippen molar-refractivity contribution in [1.29, 1.82) is 0 Å². The first-order chi connectivity index (χ1) is 14.5. The van der Waals surface area contributed by atoms with E-state index in [1.165, 1.54) is 0 Å². The zero-order valence-electron chi connectivity index (χ0n) is 17.6. The Kier molecular flexibility index (Phi) is 5.23. The van der Waals surface area contributed by atoms with Crippen LogP contribution in [-0.4, -0.2) is 43.5 Å². The maximum Gasteiger partial charge on any atom is 0.433 e. The first-order valence-electron chi connectivity index (χ1n) is 10.2. The number of hydrogen-bond acceptors (Lipinski definition) is 4. The van der Waals surface area contributed by atoms with E-state index in [9.17, 15) is 18.0 Å². The monoisotopic (exact) mass is 431 g/mol. The minimum absolute atomic E-state index is 0.169. The fourth-order valence-electron chi connectivity index (χ4n) is 3.83. The molecular formula is C22H24F3N5O. The number of aromatic nitrogens is 4. The standard InChI is InChI=1S/C22H24F3N5O/c1-21(2,3)17-12-19-27-16(11-18(22(23,24)25)30(19)28-17)14-7-6-10-29(13-14)20(31)15-8-4-5-9-26-15/h4-5,8-9,11-12,14H,6-7,10,13H2,1-3H3. The van der Waals surface area contributed by atoms with Crippen LogP contribution in [0.2, 0.25) is 0 Å². The lowest BCUT2D eigenvalue weighted by Crippen LogP contribution is -2.39. The third-order valence-electron chi connectivity index (χ3n) is 5.52. The summed E-state index contributed by atoms with van der Waals surface area (Å²) in [6, 6.07) is 7.78. The van der Waals surface area contributed by atoms with Crippen LogP contribution in [0.3, 0.4) is 0 Å². The van der Waals surface area contributed by atoms with Crippen molar-refractivity contribution in [3.63, 3.8) is 0 Å². The zero-order valence-corrected chi connectivity index (χ0v) is 17.6. The third kappa shape index (κ3) is 4.26. The van der Waals surface area contributed by atoms with Crippen LogP contribution in [0, 0.1) is 0 Å². The maximum atomic E-state index is 13.8. The number of fused-ring (bicyclic) bond motifs is 1. The van der Waals surface area contributed by atoms with E-state index in [2.05, 4.69) is 15.1 Å². The second-order valence-corrected chi connectivity index (χ2v) is 8.92. The summed E-state index contributed by atoms with van der Waals surface area (Å²) in [5, 5.41) is 4.18. The molecule has 0 aromatic carbocycles. The number of pyridine rings is 1. The SMILES string of the molecule is CC(C)(C)c1cc2nc(C3CCCN(C(=O)c4ccccn4)C3)cc(C(F)(F)F)n2n1. The van der Waals surface area contributed by atoms with Gasteiger partial charge in [0.1, 0.15) is 11.4 Å². The topological polar surface area (TPSA) is 63.4 Å². The van der Waals surface area contributed by atoms with Gasteiger partial charge >= 0.3 is 6.18 Å². The van der Waals surface area contributed by atoms with Crippen molar-refractivity contribution in [1.82, 2.24) is 24.5 Å². The lowest BCUT2D eigenvalue weighted by Gasteiger charge is -2.32. The first kappa shape index (κ1) is 21.3. The van der Waals surface area contributed by atoms with Gasteiger partial charge in [-0.25, -0.2) is 9.50 Å². The Balaban J connectivity index is 1.71. The van der Waals surface area contributed by atoms with E-state index in [0.29, 0.717) is 43.0 Å². The summed E-state index contributed by atoms with van der Waals surface area (Å²) in [4.78, 5) is 23.0. The Morgan fingerprint density at radius 2 is 1.94 bits per heavy atom. The highest BCUT2D eigenvalue weighted by atomic mass is 19.4.